The molecule has 3 saturated heterocycles. The van der Waals surface area contributed by atoms with Gasteiger partial charge in [0.05, 0.1) is 18.3 Å². The zero-order valence-corrected chi connectivity index (χ0v) is 33.1. The van der Waals surface area contributed by atoms with Crippen LogP contribution in [0.15, 0.2) is 5.16 Å². The fraction of sp³-hybridized carbons (Fsp3) is 0.861. The predicted molar refractivity (Wildman–Crippen MR) is 191 cm³/mol. The molecule has 50 heavy (non-hydrogen) atoms. The summed E-state index contributed by atoms with van der Waals surface area (Å²) in [4.78, 5) is 63.3. The van der Waals surface area contributed by atoms with Crippen LogP contribution in [0.2, 0.25) is 0 Å². The van der Waals surface area contributed by atoms with E-state index < -0.39 is 71.0 Å². The third kappa shape index (κ3) is 9.43. The van der Waals surface area contributed by atoms with Crippen molar-refractivity contribution in [2.45, 2.75) is 129 Å². The first kappa shape index (κ1) is 42.2. The molecule has 0 radical (unpaired) electrons. The highest BCUT2D eigenvalue weighted by Crippen LogP contribution is 2.48. The van der Waals surface area contributed by atoms with Gasteiger partial charge in [0.25, 0.3) is 0 Å². The third-order valence-electron chi connectivity index (χ3n) is 11.1. The number of carbonyl (C=O) groups excluding carboxylic acids is 4. The number of rotatable bonds is 10. The zero-order chi connectivity index (χ0) is 37.7. The summed E-state index contributed by atoms with van der Waals surface area (Å²) >= 11 is 0. The molecule has 3 unspecified atom stereocenters. The highest BCUT2D eigenvalue weighted by atomic mass is 31.1. The first-order valence-corrected chi connectivity index (χ1v) is 19.6. The lowest BCUT2D eigenvalue weighted by Crippen LogP contribution is -2.54. The molecule has 3 aliphatic rings. The van der Waals surface area contributed by atoms with Gasteiger partial charge in [-0.05, 0) is 74.1 Å². The van der Waals surface area contributed by atoms with Crippen LogP contribution >= 0.6 is 8.58 Å². The number of hydrogen-bond donors (Lipinski definition) is 1. The van der Waals surface area contributed by atoms with E-state index in [1.165, 1.54) is 6.92 Å². The third-order valence-corrected chi connectivity index (χ3v) is 12.1. The van der Waals surface area contributed by atoms with Gasteiger partial charge < -0.3 is 39.2 Å². The molecule has 14 heteroatoms. The highest BCUT2D eigenvalue weighted by molar-refractivity contribution is 7.37. The molecule has 0 spiro atoms. The number of hydrogen-bond acceptors (Lipinski definition) is 12. The van der Waals surface area contributed by atoms with E-state index in [1.54, 1.807) is 34.8 Å². The van der Waals surface area contributed by atoms with Gasteiger partial charge in [-0.2, -0.15) is 0 Å². The molecular weight excluding hydrogens is 665 g/mol. The van der Waals surface area contributed by atoms with Gasteiger partial charge in [0.15, 0.2) is 17.7 Å². The number of carbonyl (C=O) groups is 4. The number of methoxy groups -OCH3 is 1. The molecule has 0 aromatic heterocycles. The van der Waals surface area contributed by atoms with Gasteiger partial charge >= 0.3 is 11.9 Å². The molecule has 286 valence electrons. The second-order valence-corrected chi connectivity index (χ2v) is 16.6. The maximum atomic E-state index is 14.5. The number of esters is 2. The van der Waals surface area contributed by atoms with Crippen molar-refractivity contribution in [2.24, 2.45) is 46.4 Å². The molecule has 0 aliphatic carbocycles. The average molecular weight is 728 g/mol. The van der Waals surface area contributed by atoms with E-state index in [1.807, 2.05) is 41.5 Å². The summed E-state index contributed by atoms with van der Waals surface area (Å²) in [6, 6.07) is 0.262. The van der Waals surface area contributed by atoms with E-state index in [0.717, 1.165) is 6.42 Å². The topological polar surface area (TPSA) is 165 Å². The summed E-state index contributed by atoms with van der Waals surface area (Å²) in [6.07, 6.45) is 0.697. The fourth-order valence-corrected chi connectivity index (χ4v) is 8.21. The van der Waals surface area contributed by atoms with E-state index in [0.29, 0.717) is 15.0 Å². The van der Waals surface area contributed by atoms with Crippen molar-refractivity contribution in [1.82, 2.24) is 4.90 Å². The van der Waals surface area contributed by atoms with Crippen LogP contribution in [-0.4, -0.2) is 110 Å². The van der Waals surface area contributed by atoms with Crippen LogP contribution in [0, 0.1) is 35.5 Å². The van der Waals surface area contributed by atoms with Gasteiger partial charge in [-0.25, -0.2) is 0 Å². The molecule has 3 rings (SSSR count). The largest absolute Gasteiger partial charge is 0.458 e. The van der Waals surface area contributed by atoms with Crippen LogP contribution in [0.25, 0.3) is 0 Å². The quantitative estimate of drug-likeness (QED) is 0.0856. The van der Waals surface area contributed by atoms with Crippen molar-refractivity contribution in [3.63, 3.8) is 0 Å². The maximum absolute atomic E-state index is 14.5. The minimum Gasteiger partial charge on any atom is -0.458 e. The van der Waals surface area contributed by atoms with Crippen molar-refractivity contribution >= 4 is 37.9 Å². The molecule has 3 aliphatic heterocycles. The molecule has 0 amide bonds. The number of cyclic esters (lactones) is 1. The molecular formula is C36H62N3O10P. The molecule has 14 atom stereocenters. The summed E-state index contributed by atoms with van der Waals surface area (Å²) in [5.74, 6) is -7.39. The average Bonchev–Trinajstić information content (AvgIpc) is 3.35. The van der Waals surface area contributed by atoms with Crippen LogP contribution in [-0.2, 0) is 47.7 Å². The summed E-state index contributed by atoms with van der Waals surface area (Å²) in [7, 11) is 6.02. The van der Waals surface area contributed by atoms with Crippen molar-refractivity contribution in [3.05, 3.63) is 0 Å². The van der Waals surface area contributed by atoms with Gasteiger partial charge in [-0.3, -0.25) is 19.2 Å². The molecule has 3 fully saturated rings. The number of fused-ring (bicyclic) bond motifs is 1. The first-order valence-electron chi connectivity index (χ1n) is 18.0. The Hall–Kier alpha value is -2.18. The van der Waals surface area contributed by atoms with Crippen LogP contribution in [0.4, 0.5) is 0 Å². The van der Waals surface area contributed by atoms with Crippen LogP contribution in [0.3, 0.4) is 0 Å². The number of nitrogens with zero attached hydrogens (tertiary/aromatic N) is 2. The molecule has 0 bridgehead atoms. The van der Waals surface area contributed by atoms with Gasteiger partial charge in [0.2, 0.25) is 0 Å². The van der Waals surface area contributed by atoms with Gasteiger partial charge in [0, 0.05) is 43.2 Å². The maximum Gasteiger partial charge on any atom is 0.317 e. The molecule has 0 aromatic rings. The van der Waals surface area contributed by atoms with Crippen LogP contribution in [0.1, 0.15) is 87.5 Å². The van der Waals surface area contributed by atoms with E-state index in [2.05, 4.69) is 10.1 Å². The smallest absolute Gasteiger partial charge is 0.317 e. The van der Waals surface area contributed by atoms with E-state index in [4.69, 9.17) is 34.3 Å². The van der Waals surface area contributed by atoms with E-state index in [9.17, 15) is 19.2 Å². The number of oxime groups is 1. The Kier molecular flexibility index (Phi) is 14.8. The fourth-order valence-electron chi connectivity index (χ4n) is 8.05. The lowest BCUT2D eigenvalue weighted by atomic mass is 9.67. The highest BCUT2D eigenvalue weighted by Gasteiger charge is 2.62. The van der Waals surface area contributed by atoms with Gasteiger partial charge in [-0.1, -0.05) is 41.4 Å². The lowest BCUT2D eigenvalue weighted by molar-refractivity contribution is -0.228. The Balaban J connectivity index is 2.08. The molecule has 2 N–H and O–H groups in total. The minimum absolute atomic E-state index is 0.0186. The summed E-state index contributed by atoms with van der Waals surface area (Å²) < 4.78 is 30.8. The standard InChI is InChI=1S/C36H62N3O10P/c1-13-26-35(8)29(28(34(43)48-35)32(37)38-49-24(7)50-12)22(5)30(40)19(2)16-36(44-11,17-20(3)31(41)23(6)33(42)47-26)18-45-27-15-25(39(9)10)14-21(4)46-27/h19-29,50H,13-18H2,1-12H3,(H2,37,38)/t19-,20-,21-,22-,23-,24?,25+,26+,27?,28-,29+,35+,36-/m1/s1. The Labute approximate surface area is 300 Å². The molecule has 3 heterocycles. The number of amidine groups is 1. The SMILES string of the molecule is CC[C@@H]1OC(=O)[C@H](C)C(=O)[C@H](C)C[C@](COC2C[C@@H](N(C)C)C[C@@H](C)O2)(OC)C[C@@H](C)C(=O)[C@H](C)[C@H]2[C@H](/C(N)=N/OC(C)PC)C(=O)O[C@]21C. The Morgan fingerprint density at radius 1 is 1.04 bits per heavy atom. The van der Waals surface area contributed by atoms with Crippen LogP contribution < -0.4 is 5.73 Å². The molecule has 0 aromatic carbocycles. The monoisotopic (exact) mass is 727 g/mol. The second kappa shape index (κ2) is 17.6. The predicted octanol–water partition coefficient (Wildman–Crippen LogP) is 4.13. The second-order valence-electron chi connectivity index (χ2n) is 15.2. The summed E-state index contributed by atoms with van der Waals surface area (Å²) in [6.45, 7) is 16.2. The van der Waals surface area contributed by atoms with Crippen molar-refractivity contribution in [1.29, 1.82) is 0 Å². The van der Waals surface area contributed by atoms with Gasteiger partial charge in [0.1, 0.15) is 35.4 Å². The number of ether oxygens (including phenoxy) is 5. The first-order chi connectivity index (χ1) is 23.3. The Morgan fingerprint density at radius 2 is 1.66 bits per heavy atom. The Bertz CT molecular complexity index is 1250. The van der Waals surface area contributed by atoms with Crippen molar-refractivity contribution in [2.75, 3.05) is 34.5 Å². The van der Waals surface area contributed by atoms with Crippen LogP contribution in [0.5, 0.6) is 0 Å². The molecule has 0 saturated carbocycles. The normalized spacial score (nSPS) is 40.4. The van der Waals surface area contributed by atoms with Crippen molar-refractivity contribution < 1.29 is 47.7 Å². The molecule has 13 nitrogen and oxygen atoms in total. The number of nitrogens with two attached hydrogens (primary N) is 1. The van der Waals surface area contributed by atoms with E-state index in [-0.39, 0.29) is 61.3 Å². The minimum atomic E-state index is -1.46. The van der Waals surface area contributed by atoms with E-state index >= 15 is 0 Å². The van der Waals surface area contributed by atoms with Crippen molar-refractivity contribution in [3.8, 4) is 0 Å². The number of Topliss-reactive ketones (excluding diaryl/α,β-unsaturated/α-hetero) is 2. The lowest BCUT2D eigenvalue weighted by Gasteiger charge is -2.42. The Morgan fingerprint density at radius 3 is 2.22 bits per heavy atom. The summed E-state index contributed by atoms with van der Waals surface area (Å²) in [5, 5.41) is 4.09. The zero-order valence-electron chi connectivity index (χ0n) is 32.1. The number of ketones is 2. The summed E-state index contributed by atoms with van der Waals surface area (Å²) in [5.41, 5.74) is 3.89. The van der Waals surface area contributed by atoms with Gasteiger partial charge in [-0.15, -0.1) is 0 Å².